The molecule has 0 bridgehead atoms. The van der Waals surface area contributed by atoms with Crippen molar-refractivity contribution in [1.29, 1.82) is 0 Å². The van der Waals surface area contributed by atoms with Gasteiger partial charge >= 0.3 is 5.97 Å². The second-order valence-electron chi connectivity index (χ2n) is 5.49. The fourth-order valence-corrected chi connectivity index (χ4v) is 2.25. The van der Waals surface area contributed by atoms with Crippen LogP contribution in [0.1, 0.15) is 40.1 Å². The lowest BCUT2D eigenvalue weighted by molar-refractivity contribution is -0.383. The molecule has 0 aliphatic carbocycles. The third kappa shape index (κ3) is 4.20. The van der Waals surface area contributed by atoms with E-state index in [1.807, 2.05) is 19.1 Å². The number of ether oxygens (including phenoxy) is 1. The SMILES string of the molecule is CCc1ccc(C(=O)[C@H](C)OC(=O)c2ccc(N)c([N+](=O)[O-])c2)cc1. The Morgan fingerprint density at radius 3 is 2.32 bits per heavy atom. The molecule has 1 atom stereocenters. The van der Waals surface area contributed by atoms with Gasteiger partial charge in [0.05, 0.1) is 10.5 Å². The molecule has 0 heterocycles. The van der Waals surface area contributed by atoms with Gasteiger partial charge in [0, 0.05) is 11.6 Å². The molecule has 0 aliphatic heterocycles. The highest BCUT2D eigenvalue weighted by atomic mass is 16.6. The van der Waals surface area contributed by atoms with Crippen LogP contribution in [-0.2, 0) is 11.2 Å². The van der Waals surface area contributed by atoms with E-state index < -0.39 is 17.0 Å². The number of hydrogen-bond donors (Lipinski definition) is 1. The lowest BCUT2D eigenvalue weighted by atomic mass is 10.0. The molecule has 2 aromatic rings. The van der Waals surface area contributed by atoms with E-state index in [0.29, 0.717) is 5.56 Å². The van der Waals surface area contributed by atoms with E-state index in [4.69, 9.17) is 10.5 Å². The van der Waals surface area contributed by atoms with Gasteiger partial charge in [-0.3, -0.25) is 14.9 Å². The van der Waals surface area contributed by atoms with Gasteiger partial charge in [0.2, 0.25) is 5.78 Å². The van der Waals surface area contributed by atoms with E-state index in [0.717, 1.165) is 18.1 Å². The predicted molar refractivity (Wildman–Crippen MR) is 92.5 cm³/mol. The van der Waals surface area contributed by atoms with Crippen molar-refractivity contribution in [3.63, 3.8) is 0 Å². The van der Waals surface area contributed by atoms with Gasteiger partial charge in [-0.25, -0.2) is 4.79 Å². The Bertz CT molecular complexity index is 815. The predicted octanol–water partition coefficient (Wildman–Crippen LogP) is 3.17. The molecule has 0 saturated carbocycles. The van der Waals surface area contributed by atoms with Crippen molar-refractivity contribution < 1.29 is 19.2 Å². The van der Waals surface area contributed by atoms with Crippen LogP contribution < -0.4 is 5.73 Å². The lowest BCUT2D eigenvalue weighted by Crippen LogP contribution is -2.24. The molecule has 130 valence electrons. The van der Waals surface area contributed by atoms with Crippen LogP contribution in [0, 0.1) is 10.1 Å². The minimum Gasteiger partial charge on any atom is -0.451 e. The molecule has 2 aromatic carbocycles. The number of nitrogens with two attached hydrogens (primary N) is 1. The summed E-state index contributed by atoms with van der Waals surface area (Å²) >= 11 is 0. The second-order valence-corrected chi connectivity index (χ2v) is 5.49. The first-order valence-corrected chi connectivity index (χ1v) is 7.71. The summed E-state index contributed by atoms with van der Waals surface area (Å²) in [6, 6.07) is 10.6. The molecule has 7 nitrogen and oxygen atoms in total. The van der Waals surface area contributed by atoms with Crippen LogP contribution in [0.3, 0.4) is 0 Å². The molecular weight excluding hydrogens is 324 g/mol. The van der Waals surface area contributed by atoms with Crippen LogP contribution in [0.15, 0.2) is 42.5 Å². The number of rotatable bonds is 6. The summed E-state index contributed by atoms with van der Waals surface area (Å²) in [7, 11) is 0. The highest BCUT2D eigenvalue weighted by Gasteiger charge is 2.22. The summed E-state index contributed by atoms with van der Waals surface area (Å²) < 4.78 is 5.13. The number of esters is 1. The number of anilines is 1. The fraction of sp³-hybridized carbons (Fsp3) is 0.222. The molecule has 25 heavy (non-hydrogen) atoms. The molecule has 0 spiro atoms. The molecule has 7 heteroatoms. The van der Waals surface area contributed by atoms with Crippen LogP contribution in [0.5, 0.6) is 0 Å². The fourth-order valence-electron chi connectivity index (χ4n) is 2.25. The number of hydrogen-bond acceptors (Lipinski definition) is 6. The summed E-state index contributed by atoms with van der Waals surface area (Å²) in [5.74, 6) is -1.17. The van der Waals surface area contributed by atoms with Gasteiger partial charge in [-0.05, 0) is 31.0 Å². The van der Waals surface area contributed by atoms with Crippen LogP contribution in [0.25, 0.3) is 0 Å². The number of ketones is 1. The molecule has 0 unspecified atom stereocenters. The monoisotopic (exact) mass is 342 g/mol. The standard InChI is InChI=1S/C18H18N2O5/c1-3-12-4-6-13(7-5-12)17(21)11(2)25-18(22)14-8-9-15(19)16(10-14)20(23)24/h4-11H,3,19H2,1-2H3/t11-/m0/s1. The van der Waals surface area contributed by atoms with Crippen LogP contribution in [0.4, 0.5) is 11.4 Å². The topological polar surface area (TPSA) is 113 Å². The molecule has 0 aromatic heterocycles. The molecule has 0 radical (unpaired) electrons. The van der Waals surface area contributed by atoms with Crippen LogP contribution in [0.2, 0.25) is 0 Å². The third-order valence-electron chi connectivity index (χ3n) is 3.76. The van der Waals surface area contributed by atoms with Crippen molar-refractivity contribution in [2.24, 2.45) is 0 Å². The number of nitrogen functional groups attached to an aromatic ring is 1. The first kappa shape index (κ1) is 18.1. The van der Waals surface area contributed by atoms with Crippen LogP contribution >= 0.6 is 0 Å². The van der Waals surface area contributed by atoms with E-state index in [2.05, 4.69) is 0 Å². The number of nitro benzene ring substituents is 1. The van der Waals surface area contributed by atoms with Crippen molar-refractivity contribution in [2.45, 2.75) is 26.4 Å². The maximum absolute atomic E-state index is 12.3. The Hall–Kier alpha value is -3.22. The Kier molecular flexibility index (Phi) is 5.49. The smallest absolute Gasteiger partial charge is 0.339 e. The number of benzene rings is 2. The van der Waals surface area contributed by atoms with E-state index >= 15 is 0 Å². The minimum atomic E-state index is -1.02. The summed E-state index contributed by atoms with van der Waals surface area (Å²) in [5, 5.41) is 10.9. The normalized spacial score (nSPS) is 11.6. The Labute approximate surface area is 144 Å². The van der Waals surface area contributed by atoms with Gasteiger partial charge in [0.1, 0.15) is 5.69 Å². The van der Waals surface area contributed by atoms with Gasteiger partial charge < -0.3 is 10.5 Å². The van der Waals surface area contributed by atoms with Crippen molar-refractivity contribution in [1.82, 2.24) is 0 Å². The maximum Gasteiger partial charge on any atom is 0.339 e. The zero-order chi connectivity index (χ0) is 18.6. The Balaban J connectivity index is 2.12. The van der Waals surface area contributed by atoms with Gasteiger partial charge in [-0.15, -0.1) is 0 Å². The van der Waals surface area contributed by atoms with Crippen molar-refractivity contribution in [2.75, 3.05) is 5.73 Å². The van der Waals surface area contributed by atoms with E-state index in [-0.39, 0.29) is 22.7 Å². The number of aryl methyl sites for hydroxylation is 1. The number of Topliss-reactive ketones (excluding diaryl/α,β-unsaturated/α-hetero) is 1. The minimum absolute atomic E-state index is 0.0399. The van der Waals surface area contributed by atoms with Gasteiger partial charge in [-0.2, -0.15) is 0 Å². The Morgan fingerprint density at radius 2 is 1.76 bits per heavy atom. The molecular formula is C18H18N2O5. The maximum atomic E-state index is 12.3. The van der Waals surface area contributed by atoms with Gasteiger partial charge in [0.25, 0.3) is 5.69 Å². The molecule has 0 fully saturated rings. The number of nitrogens with zero attached hydrogens (tertiary/aromatic N) is 1. The summed E-state index contributed by atoms with van der Waals surface area (Å²) in [6.45, 7) is 3.46. The van der Waals surface area contributed by atoms with Gasteiger partial charge in [0.15, 0.2) is 6.10 Å². The van der Waals surface area contributed by atoms with E-state index in [9.17, 15) is 19.7 Å². The molecule has 2 rings (SSSR count). The highest BCUT2D eigenvalue weighted by Crippen LogP contribution is 2.23. The second kappa shape index (κ2) is 7.57. The number of carbonyl (C=O) groups excluding carboxylic acids is 2. The van der Waals surface area contributed by atoms with E-state index in [1.54, 1.807) is 12.1 Å². The summed E-state index contributed by atoms with van der Waals surface area (Å²) in [4.78, 5) is 34.7. The van der Waals surface area contributed by atoms with Crippen LogP contribution in [-0.4, -0.2) is 22.8 Å². The van der Waals surface area contributed by atoms with Gasteiger partial charge in [-0.1, -0.05) is 31.2 Å². The lowest BCUT2D eigenvalue weighted by Gasteiger charge is -2.13. The summed E-state index contributed by atoms with van der Waals surface area (Å²) in [5.41, 5.74) is 6.54. The molecule has 0 amide bonds. The first-order valence-electron chi connectivity index (χ1n) is 7.71. The van der Waals surface area contributed by atoms with E-state index in [1.165, 1.54) is 19.1 Å². The zero-order valence-corrected chi connectivity index (χ0v) is 13.9. The molecule has 2 N–H and O–H groups in total. The Morgan fingerprint density at radius 1 is 1.16 bits per heavy atom. The highest BCUT2D eigenvalue weighted by molar-refractivity contribution is 6.01. The number of carbonyl (C=O) groups is 2. The third-order valence-corrected chi connectivity index (χ3v) is 3.76. The average Bonchev–Trinajstić information content (AvgIpc) is 2.61. The summed E-state index contributed by atoms with van der Waals surface area (Å²) in [6.07, 6.45) is -0.161. The molecule has 0 saturated heterocycles. The van der Waals surface area contributed by atoms with Crippen molar-refractivity contribution in [3.05, 3.63) is 69.3 Å². The first-order chi connectivity index (χ1) is 11.8. The van der Waals surface area contributed by atoms with Crippen molar-refractivity contribution >= 4 is 23.1 Å². The molecule has 0 aliphatic rings. The largest absolute Gasteiger partial charge is 0.451 e. The zero-order valence-electron chi connectivity index (χ0n) is 13.9. The average molecular weight is 342 g/mol. The quantitative estimate of drug-likeness (QED) is 0.284. The van der Waals surface area contributed by atoms with Crippen molar-refractivity contribution in [3.8, 4) is 0 Å². The number of nitro groups is 1.